The maximum Gasteiger partial charge on any atom is 0.333 e. The summed E-state index contributed by atoms with van der Waals surface area (Å²) in [5, 5.41) is 0. The lowest BCUT2D eigenvalue weighted by atomic mass is 9.87. The van der Waals surface area contributed by atoms with E-state index in [4.69, 9.17) is 9.47 Å². The van der Waals surface area contributed by atoms with Crippen molar-refractivity contribution < 1.29 is 14.3 Å². The van der Waals surface area contributed by atoms with Crippen molar-refractivity contribution in [2.45, 2.75) is 52.6 Å². The minimum Gasteiger partial charge on any atom is -0.463 e. The molecule has 1 aliphatic rings. The van der Waals surface area contributed by atoms with E-state index in [1.807, 2.05) is 13.8 Å². The van der Waals surface area contributed by atoms with Crippen molar-refractivity contribution in [3.8, 4) is 0 Å². The molecule has 3 heteroatoms. The van der Waals surface area contributed by atoms with E-state index in [2.05, 4.69) is 13.8 Å². The van der Waals surface area contributed by atoms with Crippen LogP contribution in [0.4, 0.5) is 0 Å². The summed E-state index contributed by atoms with van der Waals surface area (Å²) in [4.78, 5) is 11.6. The summed E-state index contributed by atoms with van der Waals surface area (Å²) in [6.07, 6.45) is 2.65. The molecule has 1 saturated heterocycles. The smallest absolute Gasteiger partial charge is 0.333 e. The fourth-order valence-corrected chi connectivity index (χ4v) is 1.94. The second-order valence-electron chi connectivity index (χ2n) is 4.53. The van der Waals surface area contributed by atoms with Crippen molar-refractivity contribution >= 4 is 5.97 Å². The first-order chi connectivity index (χ1) is 7.52. The van der Waals surface area contributed by atoms with Gasteiger partial charge in [0, 0.05) is 5.57 Å². The summed E-state index contributed by atoms with van der Waals surface area (Å²) in [6.45, 7) is 9.04. The van der Waals surface area contributed by atoms with E-state index >= 15 is 0 Å². The van der Waals surface area contributed by atoms with Crippen LogP contribution in [0.3, 0.4) is 0 Å². The van der Waals surface area contributed by atoms with Gasteiger partial charge in [0.05, 0.1) is 18.8 Å². The molecule has 0 aliphatic carbocycles. The first kappa shape index (κ1) is 13.2. The molecular formula is C13H22O3. The standard InChI is InChI=1S/C13H22O3/c1-5-13(4)9-11(7-8-16-13)10(3)12(14)15-6-2/h5-9H2,1-4H3. The molecule has 0 spiro atoms. The Kier molecular flexibility index (Phi) is 4.54. The SMILES string of the molecule is CCOC(=O)C(C)=C1CCOC(C)(CC)C1. The van der Waals surface area contributed by atoms with Gasteiger partial charge in [-0.1, -0.05) is 12.5 Å². The molecular weight excluding hydrogens is 204 g/mol. The summed E-state index contributed by atoms with van der Waals surface area (Å²) < 4.78 is 10.8. The van der Waals surface area contributed by atoms with Gasteiger partial charge in [-0.05, 0) is 40.0 Å². The first-order valence-corrected chi connectivity index (χ1v) is 6.02. The van der Waals surface area contributed by atoms with Crippen LogP contribution in [-0.2, 0) is 14.3 Å². The number of esters is 1. The Morgan fingerprint density at radius 1 is 1.50 bits per heavy atom. The number of carbonyl (C=O) groups excluding carboxylic acids is 1. The normalized spacial score (nSPS) is 28.8. The van der Waals surface area contributed by atoms with E-state index in [1.54, 1.807) is 0 Å². The zero-order valence-corrected chi connectivity index (χ0v) is 10.8. The van der Waals surface area contributed by atoms with Crippen LogP contribution in [-0.4, -0.2) is 24.8 Å². The van der Waals surface area contributed by atoms with Crippen LogP contribution in [0.1, 0.15) is 47.0 Å². The molecule has 1 atom stereocenters. The van der Waals surface area contributed by atoms with Crippen LogP contribution in [0.25, 0.3) is 0 Å². The molecule has 0 bridgehead atoms. The molecule has 1 fully saturated rings. The molecule has 0 saturated carbocycles. The highest BCUT2D eigenvalue weighted by atomic mass is 16.5. The molecule has 1 rings (SSSR count). The summed E-state index contributed by atoms with van der Waals surface area (Å²) >= 11 is 0. The summed E-state index contributed by atoms with van der Waals surface area (Å²) in [7, 11) is 0. The van der Waals surface area contributed by atoms with E-state index in [9.17, 15) is 4.79 Å². The third kappa shape index (κ3) is 3.08. The average Bonchev–Trinajstić information content (AvgIpc) is 2.28. The van der Waals surface area contributed by atoms with Crippen molar-refractivity contribution in [3.05, 3.63) is 11.1 Å². The molecule has 0 N–H and O–H groups in total. The number of hydrogen-bond donors (Lipinski definition) is 0. The van der Waals surface area contributed by atoms with Crippen molar-refractivity contribution in [1.29, 1.82) is 0 Å². The third-order valence-electron chi connectivity index (χ3n) is 3.30. The maximum atomic E-state index is 11.6. The number of hydrogen-bond acceptors (Lipinski definition) is 3. The number of carbonyl (C=O) groups is 1. The van der Waals surface area contributed by atoms with Gasteiger partial charge in [0.1, 0.15) is 0 Å². The molecule has 1 unspecified atom stereocenters. The molecule has 1 aliphatic heterocycles. The topological polar surface area (TPSA) is 35.5 Å². The van der Waals surface area contributed by atoms with Crippen LogP contribution in [0.15, 0.2) is 11.1 Å². The van der Waals surface area contributed by atoms with E-state index < -0.39 is 0 Å². The van der Waals surface area contributed by atoms with Gasteiger partial charge in [0.15, 0.2) is 0 Å². The van der Waals surface area contributed by atoms with Crippen molar-refractivity contribution in [1.82, 2.24) is 0 Å². The molecule has 0 radical (unpaired) electrons. The predicted octanol–water partition coefficient (Wildman–Crippen LogP) is 2.85. The average molecular weight is 226 g/mol. The second kappa shape index (κ2) is 5.48. The lowest BCUT2D eigenvalue weighted by Crippen LogP contribution is -2.33. The fourth-order valence-electron chi connectivity index (χ4n) is 1.94. The lowest BCUT2D eigenvalue weighted by Gasteiger charge is -2.35. The lowest BCUT2D eigenvalue weighted by molar-refractivity contribution is -0.138. The summed E-state index contributed by atoms with van der Waals surface area (Å²) in [5.74, 6) is -0.183. The highest BCUT2D eigenvalue weighted by molar-refractivity contribution is 5.88. The Balaban J connectivity index is 2.78. The molecule has 0 aromatic carbocycles. The quantitative estimate of drug-likeness (QED) is 0.548. The predicted molar refractivity (Wildman–Crippen MR) is 63.2 cm³/mol. The Morgan fingerprint density at radius 2 is 2.19 bits per heavy atom. The zero-order chi connectivity index (χ0) is 12.2. The van der Waals surface area contributed by atoms with Crippen LogP contribution in [0.5, 0.6) is 0 Å². The van der Waals surface area contributed by atoms with E-state index in [0.29, 0.717) is 13.2 Å². The minimum absolute atomic E-state index is 0.110. The summed E-state index contributed by atoms with van der Waals surface area (Å²) in [6, 6.07) is 0. The Hall–Kier alpha value is -0.830. The van der Waals surface area contributed by atoms with Gasteiger partial charge in [0.25, 0.3) is 0 Å². The van der Waals surface area contributed by atoms with E-state index in [-0.39, 0.29) is 11.6 Å². The van der Waals surface area contributed by atoms with Crippen LogP contribution < -0.4 is 0 Å². The second-order valence-corrected chi connectivity index (χ2v) is 4.53. The van der Waals surface area contributed by atoms with Gasteiger partial charge in [-0.15, -0.1) is 0 Å². The zero-order valence-electron chi connectivity index (χ0n) is 10.8. The van der Waals surface area contributed by atoms with Crippen molar-refractivity contribution in [2.24, 2.45) is 0 Å². The Morgan fingerprint density at radius 3 is 2.75 bits per heavy atom. The fraction of sp³-hybridized carbons (Fsp3) is 0.769. The Labute approximate surface area is 97.8 Å². The first-order valence-electron chi connectivity index (χ1n) is 6.02. The molecule has 0 amide bonds. The van der Waals surface area contributed by atoms with Crippen molar-refractivity contribution in [2.75, 3.05) is 13.2 Å². The van der Waals surface area contributed by atoms with Gasteiger partial charge in [-0.25, -0.2) is 4.79 Å². The molecule has 1 heterocycles. The van der Waals surface area contributed by atoms with Gasteiger partial charge in [-0.2, -0.15) is 0 Å². The van der Waals surface area contributed by atoms with Gasteiger partial charge >= 0.3 is 5.97 Å². The van der Waals surface area contributed by atoms with E-state index in [0.717, 1.165) is 24.8 Å². The largest absolute Gasteiger partial charge is 0.463 e. The van der Waals surface area contributed by atoms with E-state index in [1.165, 1.54) is 5.57 Å². The van der Waals surface area contributed by atoms with Crippen LogP contribution >= 0.6 is 0 Å². The summed E-state index contributed by atoms with van der Waals surface area (Å²) in [5.41, 5.74) is 1.85. The highest BCUT2D eigenvalue weighted by Gasteiger charge is 2.30. The number of ether oxygens (including phenoxy) is 2. The van der Waals surface area contributed by atoms with Crippen molar-refractivity contribution in [3.63, 3.8) is 0 Å². The monoisotopic (exact) mass is 226 g/mol. The minimum atomic E-state index is -0.183. The third-order valence-corrected chi connectivity index (χ3v) is 3.30. The molecule has 92 valence electrons. The molecule has 3 nitrogen and oxygen atoms in total. The molecule has 0 aromatic rings. The maximum absolute atomic E-state index is 11.6. The van der Waals surface area contributed by atoms with Crippen LogP contribution in [0, 0.1) is 0 Å². The highest BCUT2D eigenvalue weighted by Crippen LogP contribution is 2.32. The number of rotatable bonds is 3. The van der Waals surface area contributed by atoms with Gasteiger partial charge < -0.3 is 9.47 Å². The van der Waals surface area contributed by atoms with Gasteiger partial charge in [-0.3, -0.25) is 0 Å². The molecule has 0 aromatic heterocycles. The van der Waals surface area contributed by atoms with Gasteiger partial charge in [0.2, 0.25) is 0 Å². The molecule has 16 heavy (non-hydrogen) atoms. The van der Waals surface area contributed by atoms with Crippen LogP contribution in [0.2, 0.25) is 0 Å². The Bertz CT molecular complexity index is 294.